The first-order valence-corrected chi connectivity index (χ1v) is 11.1. The third kappa shape index (κ3) is 3.48. The molecule has 0 bridgehead atoms. The molecule has 1 aliphatic rings. The SMILES string of the molecule is COc1ccc2nc(N3C(=O)C(=O)/C(=C(/O)c4ccc(C)cc4)C3c3ccc(C)o3)sc2c1. The van der Waals surface area contributed by atoms with Crippen molar-refractivity contribution in [1.29, 1.82) is 0 Å². The fourth-order valence-electron chi connectivity index (χ4n) is 3.89. The van der Waals surface area contributed by atoms with E-state index >= 15 is 0 Å². The number of aliphatic hydroxyl groups excluding tert-OH is 1. The van der Waals surface area contributed by atoms with Crippen molar-refractivity contribution in [1.82, 2.24) is 4.98 Å². The Bertz CT molecular complexity index is 1430. The predicted octanol–water partition coefficient (Wildman–Crippen LogP) is 5.14. The molecule has 1 unspecified atom stereocenters. The van der Waals surface area contributed by atoms with E-state index in [1.165, 1.54) is 16.2 Å². The highest BCUT2D eigenvalue weighted by molar-refractivity contribution is 7.22. The molecule has 8 heteroatoms. The third-order valence-corrected chi connectivity index (χ3v) is 6.61. The first-order valence-electron chi connectivity index (χ1n) is 10.3. The summed E-state index contributed by atoms with van der Waals surface area (Å²) in [6.45, 7) is 3.70. The highest BCUT2D eigenvalue weighted by atomic mass is 32.1. The minimum atomic E-state index is -0.942. The number of ketones is 1. The Morgan fingerprint density at radius 2 is 1.85 bits per heavy atom. The smallest absolute Gasteiger partial charge is 0.302 e. The van der Waals surface area contributed by atoms with Gasteiger partial charge in [0.25, 0.3) is 5.78 Å². The molecule has 2 aromatic carbocycles. The second-order valence-corrected chi connectivity index (χ2v) is 8.82. The lowest BCUT2D eigenvalue weighted by molar-refractivity contribution is -0.132. The Kier molecular flexibility index (Phi) is 5.02. The number of benzene rings is 2. The fraction of sp³-hybridized carbons (Fsp3) is 0.160. The molecule has 1 atom stereocenters. The zero-order valence-corrected chi connectivity index (χ0v) is 19.0. The van der Waals surface area contributed by atoms with Crippen molar-refractivity contribution in [2.45, 2.75) is 19.9 Å². The number of methoxy groups -OCH3 is 1. The largest absolute Gasteiger partial charge is 0.507 e. The van der Waals surface area contributed by atoms with Gasteiger partial charge in [0.1, 0.15) is 29.1 Å². The number of hydrogen-bond acceptors (Lipinski definition) is 7. The van der Waals surface area contributed by atoms with E-state index in [2.05, 4.69) is 4.98 Å². The molecular formula is C25H20N2O5S. The topological polar surface area (TPSA) is 92.9 Å². The standard InChI is InChI=1S/C25H20N2O5S/c1-13-4-7-15(8-5-13)22(28)20-21(18-11-6-14(2)32-18)27(24(30)23(20)29)25-26-17-10-9-16(31-3)12-19(17)33-25/h4-12,21,28H,1-3H3/b22-20+. The molecule has 7 nitrogen and oxygen atoms in total. The van der Waals surface area contributed by atoms with Crippen LogP contribution in [0.3, 0.4) is 0 Å². The molecule has 33 heavy (non-hydrogen) atoms. The van der Waals surface area contributed by atoms with Gasteiger partial charge in [0, 0.05) is 5.56 Å². The molecule has 1 saturated heterocycles. The number of carbonyl (C=O) groups is 2. The third-order valence-electron chi connectivity index (χ3n) is 5.59. The fourth-order valence-corrected chi connectivity index (χ4v) is 4.91. The summed E-state index contributed by atoms with van der Waals surface area (Å²) in [5.74, 6) is -0.148. The highest BCUT2D eigenvalue weighted by Gasteiger charge is 2.49. The maximum atomic E-state index is 13.2. The number of carbonyl (C=O) groups excluding carboxylic acids is 2. The summed E-state index contributed by atoms with van der Waals surface area (Å²) in [5, 5.41) is 11.5. The van der Waals surface area contributed by atoms with E-state index in [0.29, 0.717) is 33.5 Å². The number of ether oxygens (including phenoxy) is 1. The number of furan rings is 1. The molecule has 0 saturated carbocycles. The van der Waals surface area contributed by atoms with Gasteiger partial charge < -0.3 is 14.3 Å². The summed E-state index contributed by atoms with van der Waals surface area (Å²) >= 11 is 1.26. The number of hydrogen-bond donors (Lipinski definition) is 1. The van der Waals surface area contributed by atoms with Crippen LogP contribution in [0.15, 0.2) is 64.6 Å². The molecule has 2 aromatic heterocycles. The van der Waals surface area contributed by atoms with Crippen molar-refractivity contribution in [2.24, 2.45) is 0 Å². The van der Waals surface area contributed by atoms with Crippen LogP contribution in [0.1, 0.15) is 28.7 Å². The van der Waals surface area contributed by atoms with Crippen molar-refractivity contribution in [3.05, 3.63) is 82.8 Å². The number of nitrogens with zero attached hydrogens (tertiary/aromatic N) is 2. The lowest BCUT2D eigenvalue weighted by Crippen LogP contribution is -2.29. The molecule has 1 amide bonds. The second kappa shape index (κ2) is 7.90. The number of thiazole rings is 1. The molecule has 0 aliphatic carbocycles. The molecule has 166 valence electrons. The van der Waals surface area contributed by atoms with Gasteiger partial charge in [-0.25, -0.2) is 4.98 Å². The van der Waals surface area contributed by atoms with Crippen LogP contribution in [-0.4, -0.2) is 28.9 Å². The van der Waals surface area contributed by atoms with Crippen LogP contribution in [0.4, 0.5) is 5.13 Å². The summed E-state index contributed by atoms with van der Waals surface area (Å²) in [6, 6.07) is 15.0. The average molecular weight is 461 g/mol. The van der Waals surface area contributed by atoms with E-state index in [1.807, 2.05) is 25.1 Å². The van der Waals surface area contributed by atoms with E-state index in [0.717, 1.165) is 10.3 Å². The number of rotatable bonds is 4. The monoisotopic (exact) mass is 460 g/mol. The van der Waals surface area contributed by atoms with Crippen molar-refractivity contribution in [2.75, 3.05) is 12.0 Å². The summed E-state index contributed by atoms with van der Waals surface area (Å²) in [4.78, 5) is 32.3. The Labute approximate surface area is 193 Å². The van der Waals surface area contributed by atoms with Crippen LogP contribution in [0.5, 0.6) is 5.75 Å². The van der Waals surface area contributed by atoms with E-state index in [4.69, 9.17) is 9.15 Å². The molecule has 5 rings (SSSR count). The van der Waals surface area contributed by atoms with Crippen molar-refractivity contribution in [3.8, 4) is 5.75 Å². The first kappa shape index (κ1) is 21.0. The van der Waals surface area contributed by atoms with Crippen LogP contribution in [-0.2, 0) is 9.59 Å². The summed E-state index contributed by atoms with van der Waals surface area (Å²) in [5.41, 5.74) is 2.09. The van der Waals surface area contributed by atoms with Gasteiger partial charge in [-0.05, 0) is 44.2 Å². The molecule has 1 N–H and O–H groups in total. The Balaban J connectivity index is 1.70. The number of aliphatic hydroxyl groups is 1. The molecule has 1 aliphatic heterocycles. The second-order valence-electron chi connectivity index (χ2n) is 7.81. The van der Waals surface area contributed by atoms with Crippen LogP contribution < -0.4 is 9.64 Å². The summed E-state index contributed by atoms with van der Waals surface area (Å²) in [6.07, 6.45) is 0. The maximum absolute atomic E-state index is 13.2. The van der Waals surface area contributed by atoms with Crippen LogP contribution in [0.25, 0.3) is 16.0 Å². The quantitative estimate of drug-likeness (QED) is 0.257. The minimum Gasteiger partial charge on any atom is -0.507 e. The van der Waals surface area contributed by atoms with Crippen LogP contribution in [0.2, 0.25) is 0 Å². The number of amides is 1. The van der Waals surface area contributed by atoms with Gasteiger partial charge in [-0.3, -0.25) is 14.5 Å². The van der Waals surface area contributed by atoms with Crippen LogP contribution >= 0.6 is 11.3 Å². The van der Waals surface area contributed by atoms with Crippen molar-refractivity contribution >= 4 is 44.1 Å². The highest BCUT2D eigenvalue weighted by Crippen LogP contribution is 2.45. The van der Waals surface area contributed by atoms with Gasteiger partial charge in [0.15, 0.2) is 5.13 Å². The van der Waals surface area contributed by atoms with E-state index < -0.39 is 17.7 Å². The van der Waals surface area contributed by atoms with Crippen LogP contribution in [0, 0.1) is 13.8 Å². The molecular weight excluding hydrogens is 440 g/mol. The molecule has 4 aromatic rings. The van der Waals surface area contributed by atoms with E-state index in [1.54, 1.807) is 50.4 Å². The normalized spacial score (nSPS) is 17.8. The number of Topliss-reactive ketones (excluding diaryl/α,β-unsaturated/α-hetero) is 1. The molecule has 0 spiro atoms. The van der Waals surface area contributed by atoms with E-state index in [9.17, 15) is 14.7 Å². The molecule has 0 radical (unpaired) electrons. The first-order chi connectivity index (χ1) is 15.9. The minimum absolute atomic E-state index is 0.0324. The predicted molar refractivity (Wildman–Crippen MR) is 126 cm³/mol. The summed E-state index contributed by atoms with van der Waals surface area (Å²) in [7, 11) is 1.58. The zero-order chi connectivity index (χ0) is 23.3. The van der Waals surface area contributed by atoms with E-state index in [-0.39, 0.29) is 11.3 Å². The number of fused-ring (bicyclic) bond motifs is 1. The van der Waals surface area contributed by atoms with Gasteiger partial charge >= 0.3 is 5.91 Å². The van der Waals surface area contributed by atoms with Gasteiger partial charge in [-0.15, -0.1) is 0 Å². The Hall–Kier alpha value is -3.91. The van der Waals surface area contributed by atoms with Crippen molar-refractivity contribution in [3.63, 3.8) is 0 Å². The Morgan fingerprint density at radius 3 is 2.52 bits per heavy atom. The number of aryl methyl sites for hydroxylation is 2. The lowest BCUT2D eigenvalue weighted by Gasteiger charge is -2.20. The van der Waals surface area contributed by atoms with Crippen molar-refractivity contribution < 1.29 is 23.8 Å². The maximum Gasteiger partial charge on any atom is 0.302 e. The Morgan fingerprint density at radius 1 is 1.09 bits per heavy atom. The molecule has 1 fully saturated rings. The number of anilines is 1. The zero-order valence-electron chi connectivity index (χ0n) is 18.2. The molecule has 3 heterocycles. The van der Waals surface area contributed by atoms with Gasteiger partial charge in [0.2, 0.25) is 0 Å². The summed E-state index contributed by atoms with van der Waals surface area (Å²) < 4.78 is 11.9. The number of aromatic nitrogens is 1. The lowest BCUT2D eigenvalue weighted by atomic mass is 9.99. The van der Waals surface area contributed by atoms with Gasteiger partial charge in [-0.1, -0.05) is 41.2 Å². The average Bonchev–Trinajstić information content (AvgIpc) is 3.49. The van der Waals surface area contributed by atoms with Gasteiger partial charge in [-0.2, -0.15) is 0 Å². The van der Waals surface area contributed by atoms with Gasteiger partial charge in [0.05, 0.1) is 22.9 Å².